The van der Waals surface area contributed by atoms with Crippen molar-refractivity contribution < 1.29 is 9.59 Å². The molecule has 0 saturated carbocycles. The minimum Gasteiger partial charge on any atom is -0.341 e. The van der Waals surface area contributed by atoms with Crippen molar-refractivity contribution in [3.05, 3.63) is 0 Å². The van der Waals surface area contributed by atoms with E-state index < -0.39 is 6.04 Å². The molecule has 0 radical (unpaired) electrons. The molecular weight excluding hydrogens is 218 g/mol. The Kier molecular flexibility index (Phi) is 5.41. The number of amides is 2. The van der Waals surface area contributed by atoms with Crippen LogP contribution in [0.25, 0.3) is 0 Å². The maximum Gasteiger partial charge on any atom is 0.242 e. The van der Waals surface area contributed by atoms with Crippen molar-refractivity contribution in [2.45, 2.75) is 38.6 Å². The summed E-state index contributed by atoms with van der Waals surface area (Å²) in [6.07, 6.45) is 3.68. The van der Waals surface area contributed by atoms with Crippen LogP contribution in [0.3, 0.4) is 0 Å². The average Bonchev–Trinajstić information content (AvgIpc) is 2.81. The number of likely N-dealkylation sites (tertiary alicyclic amines) is 1. The normalized spacial score (nSPS) is 17.0. The minimum atomic E-state index is -0.476. The van der Waals surface area contributed by atoms with Gasteiger partial charge in [0.1, 0.15) is 0 Å². The van der Waals surface area contributed by atoms with Crippen molar-refractivity contribution >= 4 is 11.8 Å². The van der Waals surface area contributed by atoms with Crippen molar-refractivity contribution in [1.82, 2.24) is 9.80 Å². The third-order valence-corrected chi connectivity index (χ3v) is 3.12. The number of hydrogen-bond donors (Lipinski definition) is 1. The zero-order valence-corrected chi connectivity index (χ0v) is 10.8. The number of rotatable bonds is 5. The monoisotopic (exact) mass is 241 g/mol. The second kappa shape index (κ2) is 6.59. The molecule has 1 fully saturated rings. The molecule has 5 nitrogen and oxygen atoms in total. The number of nitrogens with two attached hydrogens (primary N) is 1. The van der Waals surface area contributed by atoms with Crippen molar-refractivity contribution in [1.29, 1.82) is 0 Å². The highest BCUT2D eigenvalue weighted by Crippen LogP contribution is 2.08. The molecule has 1 atom stereocenters. The quantitative estimate of drug-likeness (QED) is 0.747. The minimum absolute atomic E-state index is 0.0297. The number of carbonyl (C=O) groups is 2. The molecule has 1 rings (SSSR count). The van der Waals surface area contributed by atoms with E-state index in [9.17, 15) is 9.59 Å². The van der Waals surface area contributed by atoms with E-state index in [4.69, 9.17) is 5.73 Å². The molecule has 0 spiro atoms. The molecular formula is C12H23N3O2. The highest BCUT2D eigenvalue weighted by Gasteiger charge is 2.23. The fourth-order valence-electron chi connectivity index (χ4n) is 2.06. The highest BCUT2D eigenvalue weighted by atomic mass is 16.2. The van der Waals surface area contributed by atoms with Crippen LogP contribution in [0.5, 0.6) is 0 Å². The Morgan fingerprint density at radius 2 is 1.94 bits per heavy atom. The second-order valence-electron chi connectivity index (χ2n) is 4.68. The van der Waals surface area contributed by atoms with Gasteiger partial charge in [-0.3, -0.25) is 9.59 Å². The fraction of sp³-hybridized carbons (Fsp3) is 0.833. The summed E-state index contributed by atoms with van der Waals surface area (Å²) < 4.78 is 0. The Morgan fingerprint density at radius 3 is 2.47 bits per heavy atom. The molecule has 0 aliphatic carbocycles. The molecule has 2 N–H and O–H groups in total. The standard InChI is InChI=1S/C12H23N3O2/c1-3-6-10(13)12(17)14(2)9-11(16)15-7-4-5-8-15/h10H,3-9,13H2,1-2H3/t10-/m1/s1. The largest absolute Gasteiger partial charge is 0.341 e. The number of likely N-dealkylation sites (N-methyl/N-ethyl adjacent to an activating group) is 1. The SMILES string of the molecule is CCC[C@@H](N)C(=O)N(C)CC(=O)N1CCCC1. The Labute approximate surface area is 103 Å². The van der Waals surface area contributed by atoms with E-state index in [-0.39, 0.29) is 18.4 Å². The highest BCUT2D eigenvalue weighted by molar-refractivity contribution is 5.87. The summed E-state index contributed by atoms with van der Waals surface area (Å²) >= 11 is 0. The maximum atomic E-state index is 11.8. The van der Waals surface area contributed by atoms with E-state index in [1.165, 1.54) is 4.90 Å². The summed E-state index contributed by atoms with van der Waals surface area (Å²) in [5.41, 5.74) is 5.74. The van der Waals surface area contributed by atoms with Gasteiger partial charge in [-0.05, 0) is 19.3 Å². The molecule has 1 saturated heterocycles. The van der Waals surface area contributed by atoms with Crippen molar-refractivity contribution in [2.75, 3.05) is 26.7 Å². The molecule has 1 aliphatic rings. The van der Waals surface area contributed by atoms with E-state index in [2.05, 4.69) is 0 Å². The van der Waals surface area contributed by atoms with Crippen LogP contribution >= 0.6 is 0 Å². The van der Waals surface area contributed by atoms with Crippen LogP contribution in [-0.2, 0) is 9.59 Å². The van der Waals surface area contributed by atoms with Gasteiger partial charge in [0, 0.05) is 20.1 Å². The molecule has 17 heavy (non-hydrogen) atoms. The lowest BCUT2D eigenvalue weighted by Crippen LogP contribution is -2.46. The van der Waals surface area contributed by atoms with Crippen LogP contribution in [0.1, 0.15) is 32.6 Å². The molecule has 0 aromatic heterocycles. The lowest BCUT2D eigenvalue weighted by molar-refractivity contribution is -0.139. The van der Waals surface area contributed by atoms with E-state index in [1.54, 1.807) is 7.05 Å². The number of nitrogens with zero attached hydrogens (tertiary/aromatic N) is 2. The Morgan fingerprint density at radius 1 is 1.35 bits per heavy atom. The molecule has 1 heterocycles. The van der Waals surface area contributed by atoms with Crippen molar-refractivity contribution in [2.24, 2.45) is 5.73 Å². The van der Waals surface area contributed by atoms with Crippen molar-refractivity contribution in [3.8, 4) is 0 Å². The first-order chi connectivity index (χ1) is 8.06. The summed E-state index contributed by atoms with van der Waals surface area (Å²) in [6, 6.07) is -0.476. The lowest BCUT2D eigenvalue weighted by Gasteiger charge is -2.23. The topological polar surface area (TPSA) is 66.6 Å². The zero-order chi connectivity index (χ0) is 12.8. The van der Waals surface area contributed by atoms with Gasteiger partial charge in [-0.1, -0.05) is 13.3 Å². The first kappa shape index (κ1) is 14.0. The first-order valence-corrected chi connectivity index (χ1v) is 6.34. The number of carbonyl (C=O) groups excluding carboxylic acids is 2. The van der Waals surface area contributed by atoms with Gasteiger partial charge in [-0.15, -0.1) is 0 Å². The van der Waals surface area contributed by atoms with Gasteiger partial charge < -0.3 is 15.5 Å². The van der Waals surface area contributed by atoms with Crippen molar-refractivity contribution in [3.63, 3.8) is 0 Å². The first-order valence-electron chi connectivity index (χ1n) is 6.34. The van der Waals surface area contributed by atoms with Crippen LogP contribution in [0.4, 0.5) is 0 Å². The van der Waals surface area contributed by atoms with E-state index in [1.807, 2.05) is 11.8 Å². The summed E-state index contributed by atoms with van der Waals surface area (Å²) in [7, 11) is 1.64. The summed E-state index contributed by atoms with van der Waals surface area (Å²) in [6.45, 7) is 3.78. The molecule has 0 aromatic rings. The smallest absolute Gasteiger partial charge is 0.242 e. The number of hydrogen-bond acceptors (Lipinski definition) is 3. The zero-order valence-electron chi connectivity index (χ0n) is 10.8. The molecule has 0 unspecified atom stereocenters. The predicted molar refractivity (Wildman–Crippen MR) is 66.3 cm³/mol. The average molecular weight is 241 g/mol. The van der Waals surface area contributed by atoms with Gasteiger partial charge in [-0.25, -0.2) is 0 Å². The molecule has 0 aromatic carbocycles. The Hall–Kier alpha value is -1.10. The van der Waals surface area contributed by atoms with Gasteiger partial charge in [-0.2, -0.15) is 0 Å². The molecule has 98 valence electrons. The molecule has 5 heteroatoms. The van der Waals surface area contributed by atoms with Crippen LogP contribution < -0.4 is 5.73 Å². The third-order valence-electron chi connectivity index (χ3n) is 3.12. The van der Waals surface area contributed by atoms with Gasteiger partial charge in [0.15, 0.2) is 0 Å². The lowest BCUT2D eigenvalue weighted by atomic mass is 10.1. The van der Waals surface area contributed by atoms with Gasteiger partial charge in [0.2, 0.25) is 11.8 Å². The predicted octanol–water partition coefficient (Wildman–Crippen LogP) is 0.195. The third kappa shape index (κ3) is 4.00. The maximum absolute atomic E-state index is 11.8. The van der Waals surface area contributed by atoms with Crippen LogP contribution in [0, 0.1) is 0 Å². The van der Waals surface area contributed by atoms with Gasteiger partial charge in [0.25, 0.3) is 0 Å². The van der Waals surface area contributed by atoms with Gasteiger partial charge in [0.05, 0.1) is 12.6 Å². The van der Waals surface area contributed by atoms with Gasteiger partial charge >= 0.3 is 0 Å². The molecule has 0 bridgehead atoms. The molecule has 1 aliphatic heterocycles. The molecule has 2 amide bonds. The second-order valence-corrected chi connectivity index (χ2v) is 4.68. The Bertz CT molecular complexity index is 275. The fourth-order valence-corrected chi connectivity index (χ4v) is 2.06. The van der Waals surface area contributed by atoms with E-state index in [0.717, 1.165) is 32.4 Å². The van der Waals surface area contributed by atoms with E-state index in [0.29, 0.717) is 6.42 Å². The Balaban J connectivity index is 2.39. The van der Waals surface area contributed by atoms with E-state index >= 15 is 0 Å². The summed E-state index contributed by atoms with van der Waals surface area (Å²) in [5.74, 6) is -0.110. The van der Waals surface area contributed by atoms with Crippen LogP contribution in [0.2, 0.25) is 0 Å². The summed E-state index contributed by atoms with van der Waals surface area (Å²) in [5, 5.41) is 0. The summed E-state index contributed by atoms with van der Waals surface area (Å²) in [4.78, 5) is 26.9. The van der Waals surface area contributed by atoms with Crippen LogP contribution in [-0.4, -0.2) is 54.3 Å². The van der Waals surface area contributed by atoms with Crippen LogP contribution in [0.15, 0.2) is 0 Å².